The number of carbonyl (C=O) groups is 2. The van der Waals surface area contributed by atoms with Gasteiger partial charge < -0.3 is 10.3 Å². The Bertz CT molecular complexity index is 934. The van der Waals surface area contributed by atoms with Gasteiger partial charge in [-0.1, -0.05) is 18.2 Å². The predicted molar refractivity (Wildman–Crippen MR) is 94.3 cm³/mol. The molecule has 4 nitrogen and oxygen atoms in total. The van der Waals surface area contributed by atoms with Gasteiger partial charge in [-0.3, -0.25) is 9.59 Å². The normalized spacial score (nSPS) is 15.2. The van der Waals surface area contributed by atoms with Crippen molar-refractivity contribution in [3.8, 4) is 0 Å². The lowest BCUT2D eigenvalue weighted by Gasteiger charge is -2.15. The van der Waals surface area contributed by atoms with Crippen LogP contribution in [0, 0.1) is 0 Å². The minimum atomic E-state index is -0.446. The Hall–Kier alpha value is -2.88. The van der Waals surface area contributed by atoms with Crippen molar-refractivity contribution in [2.75, 3.05) is 5.32 Å². The molecule has 4 rings (SSSR count). The first kappa shape index (κ1) is 14.7. The maximum atomic E-state index is 12.9. The van der Waals surface area contributed by atoms with Crippen LogP contribution in [0.3, 0.4) is 0 Å². The molecular weight excluding hydrogens is 300 g/mol. The molecule has 0 spiro atoms. The number of rotatable bonds is 4. The molecule has 1 fully saturated rings. The van der Waals surface area contributed by atoms with Gasteiger partial charge in [0.2, 0.25) is 5.91 Å². The van der Waals surface area contributed by atoms with E-state index < -0.39 is 5.41 Å². The van der Waals surface area contributed by atoms with E-state index in [1.165, 1.54) is 6.92 Å². The van der Waals surface area contributed by atoms with E-state index in [4.69, 9.17) is 0 Å². The van der Waals surface area contributed by atoms with Crippen LogP contribution in [-0.4, -0.2) is 16.7 Å². The lowest BCUT2D eigenvalue weighted by atomic mass is 9.94. The second-order valence-corrected chi connectivity index (χ2v) is 6.42. The van der Waals surface area contributed by atoms with Crippen LogP contribution in [0.5, 0.6) is 0 Å². The minimum Gasteiger partial charge on any atom is -0.361 e. The molecule has 1 aliphatic rings. The Labute approximate surface area is 139 Å². The van der Waals surface area contributed by atoms with Crippen molar-refractivity contribution in [3.05, 3.63) is 65.9 Å². The number of hydrogen-bond acceptors (Lipinski definition) is 2. The third-order valence-corrected chi connectivity index (χ3v) is 4.84. The van der Waals surface area contributed by atoms with Gasteiger partial charge in [0, 0.05) is 28.4 Å². The number of ketones is 1. The molecular formula is C20H18N2O2. The first-order valence-electron chi connectivity index (χ1n) is 8.09. The molecule has 24 heavy (non-hydrogen) atoms. The summed E-state index contributed by atoms with van der Waals surface area (Å²) in [6.07, 6.45) is 3.66. The van der Waals surface area contributed by atoms with Crippen LogP contribution >= 0.6 is 0 Å². The summed E-state index contributed by atoms with van der Waals surface area (Å²) in [5, 5.41) is 4.11. The highest BCUT2D eigenvalue weighted by Crippen LogP contribution is 2.51. The molecule has 0 aliphatic heterocycles. The molecule has 1 heterocycles. The fraction of sp³-hybridized carbons (Fsp3) is 0.200. The third-order valence-electron chi connectivity index (χ3n) is 4.84. The average Bonchev–Trinajstić information content (AvgIpc) is 3.28. The molecule has 0 saturated heterocycles. The van der Waals surface area contributed by atoms with Gasteiger partial charge in [0.15, 0.2) is 5.78 Å². The smallest absolute Gasteiger partial charge is 0.235 e. The number of Topliss-reactive ketones (excluding diaryl/α,β-unsaturated/α-hetero) is 1. The summed E-state index contributed by atoms with van der Waals surface area (Å²) in [6, 6.07) is 15.1. The van der Waals surface area contributed by atoms with E-state index in [2.05, 4.69) is 16.4 Å². The van der Waals surface area contributed by atoms with Gasteiger partial charge in [-0.2, -0.15) is 0 Å². The van der Waals surface area contributed by atoms with Gasteiger partial charge in [0.25, 0.3) is 0 Å². The molecule has 0 atom stereocenters. The largest absolute Gasteiger partial charge is 0.361 e. The molecule has 2 aromatic carbocycles. The average molecular weight is 318 g/mol. The van der Waals surface area contributed by atoms with Crippen molar-refractivity contribution >= 4 is 28.3 Å². The van der Waals surface area contributed by atoms with E-state index in [1.807, 2.05) is 24.4 Å². The van der Waals surface area contributed by atoms with Gasteiger partial charge >= 0.3 is 0 Å². The number of aromatic nitrogens is 1. The number of carbonyl (C=O) groups excluding carboxylic acids is 2. The van der Waals surface area contributed by atoms with Crippen molar-refractivity contribution in [2.45, 2.75) is 25.2 Å². The molecule has 1 saturated carbocycles. The minimum absolute atomic E-state index is 0.0165. The van der Waals surface area contributed by atoms with Crippen molar-refractivity contribution in [3.63, 3.8) is 0 Å². The van der Waals surface area contributed by atoms with Gasteiger partial charge in [0.05, 0.1) is 5.41 Å². The van der Waals surface area contributed by atoms with E-state index >= 15 is 0 Å². The summed E-state index contributed by atoms with van der Waals surface area (Å²) in [4.78, 5) is 27.5. The van der Waals surface area contributed by atoms with Crippen LogP contribution in [0.15, 0.2) is 54.7 Å². The maximum absolute atomic E-state index is 12.9. The molecule has 3 aromatic rings. The van der Waals surface area contributed by atoms with E-state index in [0.29, 0.717) is 5.56 Å². The quantitative estimate of drug-likeness (QED) is 0.713. The highest BCUT2D eigenvalue weighted by molar-refractivity contribution is 6.04. The molecule has 4 heteroatoms. The molecule has 1 amide bonds. The highest BCUT2D eigenvalue weighted by Gasteiger charge is 2.52. The number of nitrogens with one attached hydrogen (secondary N) is 2. The van der Waals surface area contributed by atoms with Crippen molar-refractivity contribution in [1.82, 2.24) is 4.98 Å². The van der Waals surface area contributed by atoms with Gasteiger partial charge in [0.1, 0.15) is 0 Å². The zero-order valence-electron chi connectivity index (χ0n) is 13.4. The Morgan fingerprint density at radius 1 is 1.04 bits per heavy atom. The van der Waals surface area contributed by atoms with Crippen LogP contribution in [0.2, 0.25) is 0 Å². The lowest BCUT2D eigenvalue weighted by molar-refractivity contribution is -0.118. The first-order chi connectivity index (χ1) is 11.6. The van der Waals surface area contributed by atoms with Crippen molar-refractivity contribution in [2.24, 2.45) is 0 Å². The number of H-pyrrole nitrogens is 1. The van der Waals surface area contributed by atoms with Gasteiger partial charge in [-0.15, -0.1) is 0 Å². The number of para-hydroxylation sites is 1. The highest BCUT2D eigenvalue weighted by atomic mass is 16.2. The number of amides is 1. The third kappa shape index (κ3) is 2.31. The van der Waals surface area contributed by atoms with Crippen LogP contribution in [0.25, 0.3) is 10.9 Å². The SMILES string of the molecule is CC(=O)c1ccc(NC(=O)C2(c3c[nH]c4ccccc34)CC2)cc1. The van der Waals surface area contributed by atoms with E-state index in [1.54, 1.807) is 24.3 Å². The summed E-state index contributed by atoms with van der Waals surface area (Å²) in [5.74, 6) is 0.0353. The maximum Gasteiger partial charge on any atom is 0.235 e. The molecule has 1 aromatic heterocycles. The zero-order chi connectivity index (χ0) is 16.7. The molecule has 120 valence electrons. The topological polar surface area (TPSA) is 62.0 Å². The monoisotopic (exact) mass is 318 g/mol. The summed E-state index contributed by atoms with van der Waals surface area (Å²) in [6.45, 7) is 1.53. The zero-order valence-corrected chi connectivity index (χ0v) is 13.4. The fourth-order valence-corrected chi connectivity index (χ4v) is 3.25. The van der Waals surface area contributed by atoms with Crippen LogP contribution < -0.4 is 5.32 Å². The molecule has 0 unspecified atom stereocenters. The second kappa shape index (κ2) is 5.34. The standard InChI is InChI=1S/C20H18N2O2/c1-13(23)14-6-8-15(9-7-14)22-19(24)20(10-11-20)17-12-21-18-5-3-2-4-16(17)18/h2-9,12,21H,10-11H2,1H3,(H,22,24). The number of aromatic amines is 1. The van der Waals surface area contributed by atoms with Crippen LogP contribution in [0.4, 0.5) is 5.69 Å². The van der Waals surface area contributed by atoms with Crippen molar-refractivity contribution in [1.29, 1.82) is 0 Å². The fourth-order valence-electron chi connectivity index (χ4n) is 3.25. The molecule has 1 aliphatic carbocycles. The number of fused-ring (bicyclic) bond motifs is 1. The Morgan fingerprint density at radius 2 is 1.75 bits per heavy atom. The summed E-state index contributed by atoms with van der Waals surface area (Å²) < 4.78 is 0. The Morgan fingerprint density at radius 3 is 2.42 bits per heavy atom. The lowest BCUT2D eigenvalue weighted by Crippen LogP contribution is -2.27. The molecule has 2 N–H and O–H groups in total. The predicted octanol–water partition coefficient (Wildman–Crippen LogP) is 4.04. The number of hydrogen-bond donors (Lipinski definition) is 2. The van der Waals surface area contributed by atoms with E-state index in [9.17, 15) is 9.59 Å². The first-order valence-corrected chi connectivity index (χ1v) is 8.09. The molecule has 0 radical (unpaired) electrons. The van der Waals surface area contributed by atoms with Crippen LogP contribution in [-0.2, 0) is 10.2 Å². The van der Waals surface area contributed by atoms with E-state index in [0.717, 1.165) is 35.0 Å². The Kier molecular flexibility index (Phi) is 3.27. The van der Waals surface area contributed by atoms with E-state index in [-0.39, 0.29) is 11.7 Å². The van der Waals surface area contributed by atoms with Crippen molar-refractivity contribution < 1.29 is 9.59 Å². The van der Waals surface area contributed by atoms with Gasteiger partial charge in [-0.05, 0) is 55.7 Å². The summed E-state index contributed by atoms with van der Waals surface area (Å²) in [5.41, 5.74) is 3.04. The number of anilines is 1. The van der Waals surface area contributed by atoms with Crippen LogP contribution in [0.1, 0.15) is 35.7 Å². The number of benzene rings is 2. The summed E-state index contributed by atoms with van der Waals surface area (Å²) >= 11 is 0. The molecule has 0 bridgehead atoms. The second-order valence-electron chi connectivity index (χ2n) is 6.42. The van der Waals surface area contributed by atoms with Gasteiger partial charge in [-0.25, -0.2) is 0 Å². The summed E-state index contributed by atoms with van der Waals surface area (Å²) in [7, 11) is 0. The Balaban J connectivity index is 1.61.